The number of halogens is 1. The highest BCUT2D eigenvalue weighted by Crippen LogP contribution is 2.23. The molecule has 0 aromatic carbocycles. The molecule has 1 atom stereocenters. The molecule has 13 heavy (non-hydrogen) atoms. The number of hydrogen-bond donors (Lipinski definition) is 0. The zero-order valence-corrected chi connectivity index (χ0v) is 7.58. The van der Waals surface area contributed by atoms with Gasteiger partial charge in [0.05, 0.1) is 5.71 Å². The van der Waals surface area contributed by atoms with Crippen molar-refractivity contribution in [3.05, 3.63) is 11.6 Å². The first-order chi connectivity index (χ1) is 6.20. The van der Waals surface area contributed by atoms with Gasteiger partial charge in [0.2, 0.25) is 11.3 Å². The van der Waals surface area contributed by atoms with Crippen LogP contribution in [0.5, 0.6) is 0 Å². The van der Waals surface area contributed by atoms with Gasteiger partial charge in [0, 0.05) is 11.6 Å². The molecule has 0 radical (unpaired) electrons. The first-order valence-corrected chi connectivity index (χ1v) is 4.51. The zero-order valence-electron chi connectivity index (χ0n) is 6.77. The van der Waals surface area contributed by atoms with Crippen molar-refractivity contribution in [2.24, 2.45) is 5.10 Å². The average Bonchev–Trinajstić information content (AvgIpc) is 2.70. The molecule has 1 aromatic heterocycles. The molecule has 1 amide bonds. The van der Waals surface area contributed by atoms with Crippen molar-refractivity contribution in [1.82, 2.24) is 4.98 Å². The Balaban J connectivity index is 2.33. The van der Waals surface area contributed by atoms with E-state index in [1.165, 1.54) is 18.3 Å². The van der Waals surface area contributed by atoms with Crippen LogP contribution in [0, 0.1) is 0 Å². The summed E-state index contributed by atoms with van der Waals surface area (Å²) in [6, 6.07) is 0. The lowest BCUT2D eigenvalue weighted by Crippen LogP contribution is -2.27. The number of hydrazone groups is 1. The largest absolute Gasteiger partial charge is 0.290 e. The molecule has 1 aromatic rings. The van der Waals surface area contributed by atoms with Gasteiger partial charge in [-0.2, -0.15) is 10.1 Å². The molecule has 2 rings (SSSR count). The fourth-order valence-corrected chi connectivity index (χ4v) is 1.60. The van der Waals surface area contributed by atoms with Gasteiger partial charge in [-0.15, -0.1) is 11.3 Å². The van der Waals surface area contributed by atoms with Crippen molar-refractivity contribution in [2.45, 2.75) is 13.1 Å². The van der Waals surface area contributed by atoms with Gasteiger partial charge in [-0.3, -0.25) is 4.79 Å². The van der Waals surface area contributed by atoms with Crippen molar-refractivity contribution >= 4 is 28.1 Å². The predicted molar refractivity (Wildman–Crippen MR) is 47.6 cm³/mol. The minimum absolute atomic E-state index is 0.181. The molecule has 1 aliphatic rings. The highest BCUT2D eigenvalue weighted by atomic mass is 32.1. The number of thiazole rings is 1. The number of carbonyl (C=O) groups excluding carboxylic acids is 1. The molecule has 0 fully saturated rings. The second kappa shape index (κ2) is 2.88. The summed E-state index contributed by atoms with van der Waals surface area (Å²) in [4.78, 5) is 15.1. The van der Waals surface area contributed by atoms with Gasteiger partial charge in [-0.05, 0) is 6.92 Å². The van der Waals surface area contributed by atoms with Crippen molar-refractivity contribution in [3.63, 3.8) is 0 Å². The molecule has 6 heteroatoms. The number of anilines is 1. The van der Waals surface area contributed by atoms with Crippen LogP contribution in [0.2, 0.25) is 0 Å². The van der Waals surface area contributed by atoms with E-state index < -0.39 is 12.1 Å². The molecule has 0 saturated heterocycles. The summed E-state index contributed by atoms with van der Waals surface area (Å²) in [7, 11) is 0. The van der Waals surface area contributed by atoms with E-state index in [9.17, 15) is 9.18 Å². The first-order valence-electron chi connectivity index (χ1n) is 3.63. The van der Waals surface area contributed by atoms with E-state index in [4.69, 9.17) is 0 Å². The molecule has 0 saturated carbocycles. The molecule has 0 spiro atoms. The summed E-state index contributed by atoms with van der Waals surface area (Å²) < 4.78 is 13.0. The van der Waals surface area contributed by atoms with Crippen LogP contribution in [0.1, 0.15) is 6.92 Å². The summed E-state index contributed by atoms with van der Waals surface area (Å²) in [5.41, 5.74) is 0.181. The molecule has 1 unspecified atom stereocenters. The summed E-state index contributed by atoms with van der Waals surface area (Å²) in [5.74, 6) is -0.660. The number of aromatic nitrogens is 1. The maximum Gasteiger partial charge on any atom is 0.290 e. The molecule has 0 N–H and O–H groups in total. The van der Waals surface area contributed by atoms with Gasteiger partial charge >= 0.3 is 0 Å². The standard InChI is InChI=1S/C7H6FN3OS/c1-4-5(8)6(12)11(10-4)7-9-2-3-13-7/h2-3,5H,1H3. The Morgan fingerprint density at radius 3 is 2.92 bits per heavy atom. The maximum atomic E-state index is 13.0. The second-order valence-corrected chi connectivity index (χ2v) is 3.44. The lowest BCUT2D eigenvalue weighted by Gasteiger charge is -2.05. The first kappa shape index (κ1) is 8.31. The number of hydrogen-bond acceptors (Lipinski definition) is 4. The van der Waals surface area contributed by atoms with Gasteiger partial charge in [0.25, 0.3) is 5.91 Å². The molecule has 1 aliphatic heterocycles. The Hall–Kier alpha value is -1.30. The van der Waals surface area contributed by atoms with Crippen molar-refractivity contribution in [1.29, 1.82) is 0 Å². The molecule has 0 aliphatic carbocycles. The molecular weight excluding hydrogens is 193 g/mol. The quantitative estimate of drug-likeness (QED) is 0.682. The highest BCUT2D eigenvalue weighted by Gasteiger charge is 2.35. The van der Waals surface area contributed by atoms with E-state index in [1.807, 2.05) is 0 Å². The number of rotatable bonds is 1. The summed E-state index contributed by atoms with van der Waals surface area (Å²) in [6.07, 6.45) is -0.0622. The van der Waals surface area contributed by atoms with Gasteiger partial charge < -0.3 is 0 Å². The van der Waals surface area contributed by atoms with E-state index in [0.717, 1.165) is 5.01 Å². The molecule has 68 valence electrons. The predicted octanol–water partition coefficient (Wildman–Crippen LogP) is 1.20. The van der Waals surface area contributed by atoms with Crippen LogP contribution >= 0.6 is 11.3 Å². The number of amides is 1. The van der Waals surface area contributed by atoms with E-state index >= 15 is 0 Å². The molecular formula is C7H6FN3OS. The summed E-state index contributed by atoms with van der Waals surface area (Å²) >= 11 is 1.25. The van der Waals surface area contributed by atoms with Gasteiger partial charge in [-0.25, -0.2) is 9.37 Å². The van der Waals surface area contributed by atoms with Crippen LogP contribution in [0.25, 0.3) is 0 Å². The van der Waals surface area contributed by atoms with Crippen LogP contribution in [0.15, 0.2) is 16.7 Å². The van der Waals surface area contributed by atoms with Gasteiger partial charge in [0.15, 0.2) is 0 Å². The normalized spacial score (nSPS) is 22.3. The smallest absolute Gasteiger partial charge is 0.269 e. The van der Waals surface area contributed by atoms with E-state index in [1.54, 1.807) is 11.6 Å². The Labute approximate surface area is 77.7 Å². The van der Waals surface area contributed by atoms with E-state index in [-0.39, 0.29) is 5.71 Å². The second-order valence-electron chi connectivity index (χ2n) is 2.57. The zero-order chi connectivity index (χ0) is 9.42. The minimum atomic E-state index is -1.61. The SMILES string of the molecule is CC1=NN(c2nccs2)C(=O)C1F. The third-order valence-corrected chi connectivity index (χ3v) is 2.40. The van der Waals surface area contributed by atoms with Gasteiger partial charge in [0.1, 0.15) is 0 Å². The fraction of sp³-hybridized carbons (Fsp3) is 0.286. The Morgan fingerprint density at radius 1 is 1.69 bits per heavy atom. The lowest BCUT2D eigenvalue weighted by atomic mass is 10.3. The highest BCUT2D eigenvalue weighted by molar-refractivity contribution is 7.13. The van der Waals surface area contributed by atoms with Crippen LogP contribution in [-0.4, -0.2) is 22.8 Å². The minimum Gasteiger partial charge on any atom is -0.269 e. The summed E-state index contributed by atoms with van der Waals surface area (Å²) in [6.45, 7) is 1.48. The lowest BCUT2D eigenvalue weighted by molar-refractivity contribution is -0.120. The van der Waals surface area contributed by atoms with E-state index in [2.05, 4.69) is 10.1 Å². The van der Waals surface area contributed by atoms with Crippen LogP contribution < -0.4 is 5.01 Å². The maximum absolute atomic E-state index is 13.0. The number of alkyl halides is 1. The third-order valence-electron chi connectivity index (χ3n) is 1.65. The Morgan fingerprint density at radius 2 is 2.46 bits per heavy atom. The monoisotopic (exact) mass is 199 g/mol. The van der Waals surface area contributed by atoms with Gasteiger partial charge in [-0.1, -0.05) is 0 Å². The average molecular weight is 199 g/mol. The Bertz CT molecular complexity index is 362. The van der Waals surface area contributed by atoms with Crippen molar-refractivity contribution < 1.29 is 9.18 Å². The van der Waals surface area contributed by atoms with Crippen LogP contribution in [0.4, 0.5) is 9.52 Å². The van der Waals surface area contributed by atoms with Crippen molar-refractivity contribution in [3.8, 4) is 0 Å². The Kier molecular flexibility index (Phi) is 1.84. The number of carbonyl (C=O) groups is 1. The van der Waals surface area contributed by atoms with E-state index in [0.29, 0.717) is 5.13 Å². The topological polar surface area (TPSA) is 45.6 Å². The van der Waals surface area contributed by atoms with Crippen LogP contribution in [0.3, 0.4) is 0 Å². The summed E-state index contributed by atoms with van der Waals surface area (Å²) in [5, 5.41) is 6.89. The molecule has 0 bridgehead atoms. The van der Waals surface area contributed by atoms with Crippen molar-refractivity contribution in [2.75, 3.05) is 5.01 Å². The van der Waals surface area contributed by atoms with Crippen LogP contribution in [-0.2, 0) is 4.79 Å². The number of nitrogens with zero attached hydrogens (tertiary/aromatic N) is 3. The fourth-order valence-electron chi connectivity index (χ4n) is 1.00. The molecule has 2 heterocycles. The molecule has 4 nitrogen and oxygen atoms in total. The third kappa shape index (κ3) is 1.23.